The Labute approximate surface area is 89.3 Å². The van der Waals surface area contributed by atoms with Crippen molar-refractivity contribution in [3.63, 3.8) is 0 Å². The molecule has 1 aromatic carbocycles. The van der Waals surface area contributed by atoms with Crippen LogP contribution in [0.4, 0.5) is 4.39 Å². The second kappa shape index (κ2) is 5.35. The van der Waals surface area contributed by atoms with Crippen molar-refractivity contribution in [3.8, 4) is 11.8 Å². The van der Waals surface area contributed by atoms with Crippen molar-refractivity contribution in [2.24, 2.45) is 0 Å². The standard InChI is InChI=1S/C12H14FNO/c1-3-4-5-9-6-10(15-2)7-12(13)11(9)8-14/h6-7H,3-5H2,1-2H3. The van der Waals surface area contributed by atoms with Crippen LogP contribution >= 0.6 is 0 Å². The van der Waals surface area contributed by atoms with Gasteiger partial charge in [0.25, 0.3) is 0 Å². The Morgan fingerprint density at radius 1 is 1.47 bits per heavy atom. The SMILES string of the molecule is CCCCc1cc(OC)cc(F)c1C#N. The highest BCUT2D eigenvalue weighted by Gasteiger charge is 2.10. The summed E-state index contributed by atoms with van der Waals surface area (Å²) in [5.74, 6) is -0.0273. The Morgan fingerprint density at radius 3 is 2.73 bits per heavy atom. The highest BCUT2D eigenvalue weighted by molar-refractivity contribution is 5.44. The Kier molecular flexibility index (Phi) is 4.11. The number of rotatable bonds is 4. The van der Waals surface area contributed by atoms with Crippen molar-refractivity contribution in [3.05, 3.63) is 29.1 Å². The third kappa shape index (κ3) is 2.69. The van der Waals surface area contributed by atoms with E-state index >= 15 is 0 Å². The van der Waals surface area contributed by atoms with Gasteiger partial charge in [-0.05, 0) is 24.5 Å². The van der Waals surface area contributed by atoms with Crippen molar-refractivity contribution in [1.82, 2.24) is 0 Å². The van der Waals surface area contributed by atoms with Crippen LogP contribution in [0.5, 0.6) is 5.75 Å². The van der Waals surface area contributed by atoms with Gasteiger partial charge in [0.15, 0.2) is 0 Å². The van der Waals surface area contributed by atoms with Crippen LogP contribution in [-0.2, 0) is 6.42 Å². The molecule has 80 valence electrons. The molecule has 1 rings (SSSR count). The highest BCUT2D eigenvalue weighted by Crippen LogP contribution is 2.22. The van der Waals surface area contributed by atoms with Crippen LogP contribution in [-0.4, -0.2) is 7.11 Å². The fourth-order valence-electron chi connectivity index (χ4n) is 1.44. The number of unbranched alkanes of at least 4 members (excludes halogenated alkanes) is 1. The lowest BCUT2D eigenvalue weighted by Crippen LogP contribution is -1.96. The van der Waals surface area contributed by atoms with E-state index in [4.69, 9.17) is 10.00 Å². The topological polar surface area (TPSA) is 33.0 Å². The van der Waals surface area contributed by atoms with E-state index in [1.165, 1.54) is 13.2 Å². The first-order chi connectivity index (χ1) is 7.22. The summed E-state index contributed by atoms with van der Waals surface area (Å²) in [7, 11) is 1.49. The third-order valence-electron chi connectivity index (χ3n) is 2.29. The molecule has 0 bridgehead atoms. The zero-order valence-corrected chi connectivity index (χ0v) is 9.01. The van der Waals surface area contributed by atoms with Gasteiger partial charge in [-0.2, -0.15) is 5.26 Å². The third-order valence-corrected chi connectivity index (χ3v) is 2.29. The van der Waals surface area contributed by atoms with E-state index in [1.807, 2.05) is 6.07 Å². The fourth-order valence-corrected chi connectivity index (χ4v) is 1.44. The Bertz CT molecular complexity index is 382. The first kappa shape index (κ1) is 11.5. The van der Waals surface area contributed by atoms with E-state index in [2.05, 4.69) is 6.92 Å². The minimum Gasteiger partial charge on any atom is -0.497 e. The molecule has 0 fully saturated rings. The van der Waals surface area contributed by atoms with Gasteiger partial charge in [-0.15, -0.1) is 0 Å². The monoisotopic (exact) mass is 207 g/mol. The average molecular weight is 207 g/mol. The summed E-state index contributed by atoms with van der Waals surface area (Å²) >= 11 is 0. The van der Waals surface area contributed by atoms with Gasteiger partial charge in [-0.3, -0.25) is 0 Å². The lowest BCUT2D eigenvalue weighted by molar-refractivity contribution is 0.410. The predicted octanol–water partition coefficient (Wildman–Crippen LogP) is 3.05. The fraction of sp³-hybridized carbons (Fsp3) is 0.417. The molecular formula is C12H14FNO. The lowest BCUT2D eigenvalue weighted by atomic mass is 10.0. The van der Waals surface area contributed by atoms with Crippen molar-refractivity contribution in [2.45, 2.75) is 26.2 Å². The summed E-state index contributed by atoms with van der Waals surface area (Å²) in [5, 5.41) is 8.83. The van der Waals surface area contributed by atoms with Gasteiger partial charge in [0, 0.05) is 6.07 Å². The van der Waals surface area contributed by atoms with E-state index < -0.39 is 5.82 Å². The molecular weight excluding hydrogens is 193 g/mol. The Balaban J connectivity index is 3.09. The van der Waals surface area contributed by atoms with E-state index in [1.54, 1.807) is 6.07 Å². The van der Waals surface area contributed by atoms with Crippen LogP contribution in [0.2, 0.25) is 0 Å². The van der Waals surface area contributed by atoms with Gasteiger partial charge in [0.05, 0.1) is 12.7 Å². The number of nitrogens with zero attached hydrogens (tertiary/aromatic N) is 1. The van der Waals surface area contributed by atoms with E-state index in [0.29, 0.717) is 12.2 Å². The number of aryl methyl sites for hydroxylation is 1. The second-order valence-corrected chi connectivity index (χ2v) is 3.36. The van der Waals surface area contributed by atoms with Crippen LogP contribution in [0.15, 0.2) is 12.1 Å². The maximum Gasteiger partial charge on any atom is 0.144 e. The molecule has 0 heterocycles. The smallest absolute Gasteiger partial charge is 0.144 e. The van der Waals surface area contributed by atoms with E-state index in [0.717, 1.165) is 18.4 Å². The molecule has 0 spiro atoms. The molecule has 0 amide bonds. The first-order valence-corrected chi connectivity index (χ1v) is 4.99. The summed E-state index contributed by atoms with van der Waals surface area (Å²) in [6.45, 7) is 2.06. The molecule has 0 aliphatic carbocycles. The summed E-state index contributed by atoms with van der Waals surface area (Å²) in [6.07, 6.45) is 2.68. The van der Waals surface area contributed by atoms with Crippen molar-refractivity contribution in [2.75, 3.05) is 7.11 Å². The first-order valence-electron chi connectivity index (χ1n) is 4.99. The maximum atomic E-state index is 13.4. The zero-order valence-electron chi connectivity index (χ0n) is 9.01. The zero-order chi connectivity index (χ0) is 11.3. The van der Waals surface area contributed by atoms with Crippen LogP contribution < -0.4 is 4.74 Å². The number of benzene rings is 1. The summed E-state index contributed by atoms with van der Waals surface area (Å²) in [5.41, 5.74) is 0.875. The molecule has 0 aromatic heterocycles. The molecule has 2 nitrogen and oxygen atoms in total. The van der Waals surface area contributed by atoms with Crippen molar-refractivity contribution < 1.29 is 9.13 Å². The largest absolute Gasteiger partial charge is 0.497 e. The lowest BCUT2D eigenvalue weighted by Gasteiger charge is -2.07. The quantitative estimate of drug-likeness (QED) is 0.760. The second-order valence-electron chi connectivity index (χ2n) is 3.36. The van der Waals surface area contributed by atoms with Gasteiger partial charge >= 0.3 is 0 Å². The predicted molar refractivity (Wildman–Crippen MR) is 56.3 cm³/mol. The van der Waals surface area contributed by atoms with Gasteiger partial charge in [-0.25, -0.2) is 4.39 Å². The summed E-state index contributed by atoms with van der Waals surface area (Å²) in [6, 6.07) is 4.87. The van der Waals surface area contributed by atoms with Gasteiger partial charge in [0.1, 0.15) is 17.6 Å². The molecule has 0 aliphatic heterocycles. The van der Waals surface area contributed by atoms with Crippen molar-refractivity contribution in [1.29, 1.82) is 5.26 Å². The molecule has 0 aliphatic rings. The molecule has 0 saturated heterocycles. The number of nitriles is 1. The minimum absolute atomic E-state index is 0.143. The number of methoxy groups -OCH3 is 1. The molecule has 15 heavy (non-hydrogen) atoms. The van der Waals surface area contributed by atoms with E-state index in [9.17, 15) is 4.39 Å². The number of hydrogen-bond donors (Lipinski definition) is 0. The molecule has 0 radical (unpaired) electrons. The molecule has 0 atom stereocenters. The number of hydrogen-bond acceptors (Lipinski definition) is 2. The van der Waals surface area contributed by atoms with Crippen LogP contribution in [0.1, 0.15) is 30.9 Å². The molecule has 0 N–H and O–H groups in total. The molecule has 0 unspecified atom stereocenters. The van der Waals surface area contributed by atoms with Crippen LogP contribution in [0, 0.1) is 17.1 Å². The average Bonchev–Trinajstić information content (AvgIpc) is 2.25. The molecule has 1 aromatic rings. The molecule has 3 heteroatoms. The Hall–Kier alpha value is -1.56. The maximum absolute atomic E-state index is 13.4. The molecule has 0 saturated carbocycles. The summed E-state index contributed by atoms with van der Waals surface area (Å²) < 4.78 is 18.4. The van der Waals surface area contributed by atoms with Gasteiger partial charge in [0.2, 0.25) is 0 Å². The number of halogens is 1. The van der Waals surface area contributed by atoms with Gasteiger partial charge in [-0.1, -0.05) is 13.3 Å². The normalized spacial score (nSPS) is 9.73. The highest BCUT2D eigenvalue weighted by atomic mass is 19.1. The summed E-state index contributed by atoms with van der Waals surface area (Å²) in [4.78, 5) is 0. The van der Waals surface area contributed by atoms with Gasteiger partial charge < -0.3 is 4.74 Å². The van der Waals surface area contributed by atoms with Crippen LogP contribution in [0.3, 0.4) is 0 Å². The Morgan fingerprint density at radius 2 is 2.20 bits per heavy atom. The van der Waals surface area contributed by atoms with Crippen LogP contribution in [0.25, 0.3) is 0 Å². The van der Waals surface area contributed by atoms with Crippen molar-refractivity contribution >= 4 is 0 Å². The number of ether oxygens (including phenoxy) is 1. The minimum atomic E-state index is -0.497. The van der Waals surface area contributed by atoms with E-state index in [-0.39, 0.29) is 5.56 Å².